The maximum absolute atomic E-state index is 11.5. The molecule has 0 spiro atoms. The average Bonchev–Trinajstić information content (AvgIpc) is 2.45. The summed E-state index contributed by atoms with van der Waals surface area (Å²) in [4.78, 5) is 15.5. The fraction of sp³-hybridized carbons (Fsp3) is 0.429. The zero-order valence-corrected chi connectivity index (χ0v) is 16.8. The van der Waals surface area contributed by atoms with E-state index in [9.17, 15) is 4.79 Å². The van der Waals surface area contributed by atoms with Crippen molar-refractivity contribution in [3.05, 3.63) is 33.8 Å². The van der Waals surface area contributed by atoms with E-state index in [4.69, 9.17) is 33.7 Å². The molecule has 0 heterocycles. The molecule has 0 aromatic heterocycles. The van der Waals surface area contributed by atoms with Crippen molar-refractivity contribution in [2.45, 2.75) is 13.0 Å². The minimum atomic E-state index is -0.223. The van der Waals surface area contributed by atoms with E-state index in [-0.39, 0.29) is 48.4 Å². The molecular weight excluding hydrogens is 454 g/mol. The van der Waals surface area contributed by atoms with Gasteiger partial charge in [-0.25, -0.2) is 4.99 Å². The number of hydrogen-bond donors (Lipinski definition) is 3. The van der Waals surface area contributed by atoms with Crippen molar-refractivity contribution in [3.8, 4) is 0 Å². The highest BCUT2D eigenvalue weighted by atomic mass is 127. The predicted octanol–water partition coefficient (Wildman–Crippen LogP) is 2.34. The molecule has 1 aromatic rings. The number of nitrogens with zero attached hydrogens (tertiary/aromatic N) is 1. The van der Waals surface area contributed by atoms with Crippen molar-refractivity contribution in [2.24, 2.45) is 10.7 Å². The molecule has 1 aromatic carbocycles. The molecule has 0 bridgehead atoms. The number of carbonyl (C=O) groups is 1. The second-order valence-corrected chi connectivity index (χ2v) is 5.42. The van der Waals surface area contributed by atoms with Gasteiger partial charge >= 0.3 is 0 Å². The van der Waals surface area contributed by atoms with Crippen LogP contribution >= 0.6 is 47.2 Å². The van der Waals surface area contributed by atoms with Crippen LogP contribution in [0.4, 0.5) is 0 Å². The van der Waals surface area contributed by atoms with E-state index in [0.717, 1.165) is 5.56 Å². The lowest BCUT2D eigenvalue weighted by Gasteiger charge is -2.16. The van der Waals surface area contributed by atoms with Gasteiger partial charge in [-0.1, -0.05) is 29.3 Å². The van der Waals surface area contributed by atoms with E-state index in [1.165, 1.54) is 0 Å². The van der Waals surface area contributed by atoms with Crippen LogP contribution in [0.15, 0.2) is 23.2 Å². The first-order valence-electron chi connectivity index (χ1n) is 6.71. The molecule has 1 atom stereocenters. The lowest BCUT2D eigenvalue weighted by molar-refractivity contribution is -0.119. The Balaban J connectivity index is 0.00000484. The lowest BCUT2D eigenvalue weighted by atomic mass is 10.1. The van der Waals surface area contributed by atoms with Crippen molar-refractivity contribution < 1.29 is 9.53 Å². The molecule has 23 heavy (non-hydrogen) atoms. The first-order chi connectivity index (χ1) is 10.4. The van der Waals surface area contributed by atoms with Gasteiger partial charge in [-0.15, -0.1) is 24.0 Å². The van der Waals surface area contributed by atoms with Crippen LogP contribution in [0.1, 0.15) is 18.5 Å². The molecule has 1 unspecified atom stereocenters. The number of benzene rings is 1. The second-order valence-electron chi connectivity index (χ2n) is 4.58. The smallest absolute Gasteiger partial charge is 0.241 e. The molecule has 4 N–H and O–H groups in total. The summed E-state index contributed by atoms with van der Waals surface area (Å²) < 4.78 is 4.83. The van der Waals surface area contributed by atoms with Crippen LogP contribution < -0.4 is 16.4 Å². The van der Waals surface area contributed by atoms with Crippen molar-refractivity contribution in [1.29, 1.82) is 0 Å². The Labute approximate surface area is 163 Å². The minimum Gasteiger partial charge on any atom is -0.383 e. The summed E-state index contributed by atoms with van der Waals surface area (Å²) in [6.45, 7) is 2.73. The van der Waals surface area contributed by atoms with Gasteiger partial charge < -0.3 is 21.1 Å². The second kappa shape index (κ2) is 11.7. The molecule has 0 aliphatic heterocycles. The van der Waals surface area contributed by atoms with E-state index >= 15 is 0 Å². The highest BCUT2D eigenvalue weighted by Gasteiger charge is 2.10. The van der Waals surface area contributed by atoms with E-state index in [2.05, 4.69) is 15.6 Å². The summed E-state index contributed by atoms with van der Waals surface area (Å²) in [7, 11) is 1.56. The Morgan fingerprint density at radius 2 is 2.13 bits per heavy atom. The normalized spacial score (nSPS) is 12.3. The molecule has 1 amide bonds. The predicted molar refractivity (Wildman–Crippen MR) is 105 cm³/mol. The van der Waals surface area contributed by atoms with Crippen LogP contribution in [0, 0.1) is 0 Å². The number of ether oxygens (including phenoxy) is 1. The van der Waals surface area contributed by atoms with Crippen molar-refractivity contribution in [1.82, 2.24) is 10.6 Å². The van der Waals surface area contributed by atoms with E-state index in [0.29, 0.717) is 23.2 Å². The largest absolute Gasteiger partial charge is 0.383 e. The van der Waals surface area contributed by atoms with Gasteiger partial charge in [-0.05, 0) is 24.6 Å². The minimum absolute atomic E-state index is 0. The van der Waals surface area contributed by atoms with Crippen LogP contribution in [-0.2, 0) is 9.53 Å². The third-order valence-corrected chi connectivity index (χ3v) is 3.38. The molecule has 0 saturated carbocycles. The average molecular weight is 475 g/mol. The van der Waals surface area contributed by atoms with Gasteiger partial charge in [0.1, 0.15) is 6.54 Å². The van der Waals surface area contributed by atoms with Gasteiger partial charge in [-0.3, -0.25) is 4.79 Å². The number of amides is 1. The highest BCUT2D eigenvalue weighted by molar-refractivity contribution is 14.0. The number of hydrogen-bond acceptors (Lipinski definition) is 3. The Morgan fingerprint density at radius 3 is 2.74 bits per heavy atom. The molecule has 9 heteroatoms. The highest BCUT2D eigenvalue weighted by Crippen LogP contribution is 2.25. The zero-order chi connectivity index (χ0) is 16.5. The maximum Gasteiger partial charge on any atom is 0.241 e. The number of nitrogens with two attached hydrogens (primary N) is 1. The molecule has 0 saturated heterocycles. The van der Waals surface area contributed by atoms with Crippen LogP contribution in [0.5, 0.6) is 0 Å². The van der Waals surface area contributed by atoms with Gasteiger partial charge in [0.15, 0.2) is 5.96 Å². The summed E-state index contributed by atoms with van der Waals surface area (Å²) >= 11 is 12.0. The van der Waals surface area contributed by atoms with Gasteiger partial charge in [0.25, 0.3) is 0 Å². The molecular formula is C14H21Cl2IN4O2. The van der Waals surface area contributed by atoms with E-state index < -0.39 is 0 Å². The summed E-state index contributed by atoms with van der Waals surface area (Å²) in [5, 5.41) is 6.73. The summed E-state index contributed by atoms with van der Waals surface area (Å²) in [5.41, 5.74) is 6.60. The SMILES string of the molecule is COCCNC(=O)CN=C(N)NC(C)c1ccc(Cl)cc1Cl.I. The van der Waals surface area contributed by atoms with E-state index in [1.54, 1.807) is 19.2 Å². The number of rotatable bonds is 7. The van der Waals surface area contributed by atoms with Crippen molar-refractivity contribution in [2.75, 3.05) is 26.8 Å². The van der Waals surface area contributed by atoms with Crippen LogP contribution in [-0.4, -0.2) is 38.7 Å². The van der Waals surface area contributed by atoms with Crippen LogP contribution in [0.25, 0.3) is 0 Å². The fourth-order valence-corrected chi connectivity index (χ4v) is 2.28. The topological polar surface area (TPSA) is 88.7 Å². The molecule has 1 rings (SSSR count). The van der Waals surface area contributed by atoms with Gasteiger partial charge in [0.2, 0.25) is 5.91 Å². The first-order valence-corrected chi connectivity index (χ1v) is 7.46. The molecule has 6 nitrogen and oxygen atoms in total. The third-order valence-electron chi connectivity index (χ3n) is 2.81. The van der Waals surface area contributed by atoms with Crippen molar-refractivity contribution >= 4 is 59.0 Å². The number of carbonyl (C=O) groups excluding carboxylic acids is 1. The molecule has 0 fully saturated rings. The number of nitrogens with one attached hydrogen (secondary N) is 2. The molecule has 0 radical (unpaired) electrons. The number of halogens is 3. The Bertz CT molecular complexity index is 544. The summed E-state index contributed by atoms with van der Waals surface area (Å²) in [6.07, 6.45) is 0. The molecule has 130 valence electrons. The number of guanidine groups is 1. The number of methoxy groups -OCH3 is 1. The zero-order valence-electron chi connectivity index (χ0n) is 12.9. The quantitative estimate of drug-likeness (QED) is 0.245. The lowest BCUT2D eigenvalue weighted by Crippen LogP contribution is -2.36. The van der Waals surface area contributed by atoms with Gasteiger partial charge in [0.05, 0.1) is 12.6 Å². The molecule has 0 aliphatic carbocycles. The van der Waals surface area contributed by atoms with Gasteiger partial charge in [0, 0.05) is 23.7 Å². The Morgan fingerprint density at radius 1 is 1.43 bits per heavy atom. The van der Waals surface area contributed by atoms with Crippen LogP contribution in [0.2, 0.25) is 10.0 Å². The van der Waals surface area contributed by atoms with Gasteiger partial charge in [-0.2, -0.15) is 0 Å². The number of aliphatic imine (C=N–C) groups is 1. The Kier molecular flexibility index (Phi) is 11.3. The standard InChI is InChI=1S/C14H20Cl2N4O2.HI/c1-9(11-4-3-10(15)7-12(11)16)20-14(17)19-8-13(21)18-5-6-22-2;/h3-4,7,9H,5-6,8H2,1-2H3,(H,18,21)(H3,17,19,20);1H. The van der Waals surface area contributed by atoms with Crippen LogP contribution in [0.3, 0.4) is 0 Å². The molecule has 0 aliphatic rings. The van der Waals surface area contributed by atoms with E-state index in [1.807, 2.05) is 13.0 Å². The summed E-state index contributed by atoms with van der Waals surface area (Å²) in [6, 6.07) is 5.06. The fourth-order valence-electron chi connectivity index (χ4n) is 1.70. The maximum atomic E-state index is 11.5. The first kappa shape index (κ1) is 22.2. The monoisotopic (exact) mass is 474 g/mol. The Hall–Kier alpha value is -0.770. The third kappa shape index (κ3) is 8.59. The summed E-state index contributed by atoms with van der Waals surface area (Å²) in [5.74, 6) is -0.0561. The van der Waals surface area contributed by atoms with Crippen molar-refractivity contribution in [3.63, 3.8) is 0 Å².